The molecule has 0 heterocycles. The number of fused-ring (bicyclic) bond motifs is 3. The van der Waals surface area contributed by atoms with Gasteiger partial charge >= 0.3 is 176 Å². The minimum atomic E-state index is -0.650. The van der Waals surface area contributed by atoms with Crippen molar-refractivity contribution >= 4 is 11.6 Å². The fourth-order valence-corrected chi connectivity index (χ4v) is 9.51. The van der Waals surface area contributed by atoms with Gasteiger partial charge in [0.15, 0.2) is 0 Å². The maximum Gasteiger partial charge on any atom is -1.00 e. The van der Waals surface area contributed by atoms with Crippen LogP contribution < -0.4 is 24.8 Å². The summed E-state index contributed by atoms with van der Waals surface area (Å²) in [5.74, 6) is 0.698. The number of rotatable bonds is 5. The van der Waals surface area contributed by atoms with E-state index in [9.17, 15) is 0 Å². The van der Waals surface area contributed by atoms with Gasteiger partial charge < -0.3 is 24.8 Å². The quantitative estimate of drug-likeness (QED) is 0.571. The van der Waals surface area contributed by atoms with E-state index in [4.69, 9.17) is 0 Å². The molecule has 0 N–H and O–H groups in total. The molecule has 150 valence electrons. The SMILES string of the molecule is CCCC(C)C1=C[CH]([Zr+2][CH]2C=Cc3ccccc32)c2cc3c(cc21)CCC3.[Cl-].[Cl-]. The maximum absolute atomic E-state index is 2.71. The molecule has 3 unspecified atom stereocenters. The molecular formula is C26H28Cl2Zr. The second-order valence-electron chi connectivity index (χ2n) is 8.48. The predicted molar refractivity (Wildman–Crippen MR) is 111 cm³/mol. The van der Waals surface area contributed by atoms with Crippen molar-refractivity contribution in [2.45, 2.75) is 53.2 Å². The molecule has 0 amide bonds. The van der Waals surface area contributed by atoms with Crippen LogP contribution in [0.2, 0.25) is 0 Å². The third kappa shape index (κ3) is 4.26. The van der Waals surface area contributed by atoms with Gasteiger partial charge in [-0.3, -0.25) is 0 Å². The first kappa shape index (κ1) is 23.1. The van der Waals surface area contributed by atoms with Crippen LogP contribution in [-0.2, 0) is 36.1 Å². The van der Waals surface area contributed by atoms with E-state index in [1.807, 2.05) is 0 Å². The van der Waals surface area contributed by atoms with Gasteiger partial charge in [-0.2, -0.15) is 0 Å². The Bertz CT molecular complexity index is 944. The molecule has 0 bridgehead atoms. The van der Waals surface area contributed by atoms with Crippen molar-refractivity contribution in [3.63, 3.8) is 0 Å². The average molecular weight is 503 g/mol. The van der Waals surface area contributed by atoms with Gasteiger partial charge in [0.1, 0.15) is 0 Å². The molecule has 2 aromatic carbocycles. The zero-order chi connectivity index (χ0) is 18.4. The van der Waals surface area contributed by atoms with Crippen molar-refractivity contribution < 1.29 is 48.0 Å². The smallest absolute Gasteiger partial charge is 1.00 e. The fraction of sp³-hybridized carbons (Fsp3) is 0.385. The zero-order valence-corrected chi connectivity index (χ0v) is 21.2. The average Bonchev–Trinajstić information content (AvgIpc) is 3.38. The molecule has 0 saturated heterocycles. The molecule has 3 atom stereocenters. The monoisotopic (exact) mass is 500 g/mol. The Balaban J connectivity index is 0.00000120. The van der Waals surface area contributed by atoms with Crippen LogP contribution in [0.3, 0.4) is 0 Å². The number of hydrogen-bond donors (Lipinski definition) is 0. The zero-order valence-electron chi connectivity index (χ0n) is 17.2. The van der Waals surface area contributed by atoms with Gasteiger partial charge in [0.05, 0.1) is 0 Å². The van der Waals surface area contributed by atoms with Gasteiger partial charge in [0, 0.05) is 0 Å². The number of aryl methyl sites for hydroxylation is 2. The van der Waals surface area contributed by atoms with E-state index in [-0.39, 0.29) is 24.8 Å². The van der Waals surface area contributed by atoms with Gasteiger partial charge in [0.2, 0.25) is 0 Å². The molecular weight excluding hydrogens is 474 g/mol. The molecule has 0 fully saturated rings. The van der Waals surface area contributed by atoms with Crippen molar-refractivity contribution in [1.29, 1.82) is 0 Å². The Kier molecular flexibility index (Phi) is 7.69. The summed E-state index contributed by atoms with van der Waals surface area (Å²) in [7, 11) is 0. The second kappa shape index (κ2) is 9.68. The summed E-state index contributed by atoms with van der Waals surface area (Å²) in [6.45, 7) is 4.77. The van der Waals surface area contributed by atoms with Crippen LogP contribution in [-0.4, -0.2) is 0 Å². The van der Waals surface area contributed by atoms with Gasteiger partial charge in [-0.15, -0.1) is 0 Å². The Morgan fingerprint density at radius 3 is 2.55 bits per heavy atom. The molecule has 2 aromatic rings. The summed E-state index contributed by atoms with van der Waals surface area (Å²) in [6.07, 6.45) is 14.1. The van der Waals surface area contributed by atoms with Crippen LogP contribution in [0.15, 0.2) is 48.6 Å². The Morgan fingerprint density at radius 2 is 1.76 bits per heavy atom. The van der Waals surface area contributed by atoms with Gasteiger partial charge in [-0.1, -0.05) is 0 Å². The molecule has 5 rings (SSSR count). The predicted octanol–water partition coefficient (Wildman–Crippen LogP) is 0.908. The van der Waals surface area contributed by atoms with E-state index in [2.05, 4.69) is 68.5 Å². The first-order valence-electron chi connectivity index (χ1n) is 10.7. The molecule has 0 spiro atoms. The number of halogens is 2. The minimum Gasteiger partial charge on any atom is -1.00 e. The standard InChI is InChI=1S/C17H21.C9H7.2ClH.Zr/c1-3-5-12(2)16-9-8-15-10-13-6-4-7-14(13)11-17(15)16;1-2-5-9-7-3-6-8(9)4-1;;;/h8-12H,3-7H2,1-2H3;1-7H;2*1H;/q;;;;+2/p-2. The summed E-state index contributed by atoms with van der Waals surface area (Å²) in [6, 6.07) is 14.3. The van der Waals surface area contributed by atoms with Crippen LogP contribution in [0.4, 0.5) is 0 Å². The van der Waals surface area contributed by atoms with Crippen molar-refractivity contribution in [2.75, 3.05) is 0 Å². The molecule has 0 aliphatic heterocycles. The summed E-state index contributed by atoms with van der Waals surface area (Å²) >= 11 is -0.650. The first-order valence-corrected chi connectivity index (χ1v) is 13.5. The van der Waals surface area contributed by atoms with Crippen LogP contribution >= 0.6 is 0 Å². The summed E-state index contributed by atoms with van der Waals surface area (Å²) in [5, 5.41) is 0. The van der Waals surface area contributed by atoms with Crippen molar-refractivity contribution in [2.24, 2.45) is 5.92 Å². The third-order valence-corrected chi connectivity index (χ3v) is 10.8. The van der Waals surface area contributed by atoms with Crippen LogP contribution in [0.5, 0.6) is 0 Å². The van der Waals surface area contributed by atoms with E-state index in [1.54, 1.807) is 33.4 Å². The maximum atomic E-state index is 2.71. The van der Waals surface area contributed by atoms with E-state index in [0.29, 0.717) is 5.92 Å². The van der Waals surface area contributed by atoms with Crippen molar-refractivity contribution in [1.82, 2.24) is 0 Å². The van der Waals surface area contributed by atoms with Gasteiger partial charge in [-0.25, -0.2) is 0 Å². The van der Waals surface area contributed by atoms with Gasteiger partial charge in [0.25, 0.3) is 0 Å². The second-order valence-corrected chi connectivity index (χ2v) is 12.4. The number of benzene rings is 2. The molecule has 29 heavy (non-hydrogen) atoms. The molecule has 0 saturated carbocycles. The van der Waals surface area contributed by atoms with E-state index < -0.39 is 23.2 Å². The van der Waals surface area contributed by atoms with E-state index in [1.165, 1.54) is 37.7 Å². The summed E-state index contributed by atoms with van der Waals surface area (Å²) in [5.41, 5.74) is 11.3. The minimum absolute atomic E-state index is 0. The number of allylic oxidation sites excluding steroid dienone is 3. The Hall–Kier alpha value is -0.617. The third-order valence-electron chi connectivity index (χ3n) is 6.67. The van der Waals surface area contributed by atoms with E-state index in [0.717, 1.165) is 7.25 Å². The molecule has 0 nitrogen and oxygen atoms in total. The molecule has 0 aromatic heterocycles. The van der Waals surface area contributed by atoms with Crippen LogP contribution in [0, 0.1) is 5.92 Å². The molecule has 3 aliphatic rings. The molecule has 0 radical (unpaired) electrons. The van der Waals surface area contributed by atoms with Gasteiger partial charge in [-0.05, 0) is 0 Å². The summed E-state index contributed by atoms with van der Waals surface area (Å²) in [4.78, 5) is 0. The van der Waals surface area contributed by atoms with E-state index >= 15 is 0 Å². The fourth-order valence-electron chi connectivity index (χ4n) is 5.25. The summed E-state index contributed by atoms with van der Waals surface area (Å²) < 4.78 is 1.47. The number of hydrogen-bond acceptors (Lipinski definition) is 0. The topological polar surface area (TPSA) is 0 Å². The van der Waals surface area contributed by atoms with Crippen LogP contribution in [0.25, 0.3) is 11.6 Å². The van der Waals surface area contributed by atoms with Crippen molar-refractivity contribution in [3.8, 4) is 0 Å². The largest absolute Gasteiger partial charge is 1.00 e. The molecule has 3 aliphatic carbocycles. The normalized spacial score (nSPS) is 21.2. The Labute approximate surface area is 199 Å². The molecule has 3 heteroatoms. The first-order chi connectivity index (χ1) is 13.2. The van der Waals surface area contributed by atoms with Crippen LogP contribution in [0.1, 0.15) is 73.7 Å². The van der Waals surface area contributed by atoms with Crippen molar-refractivity contribution in [3.05, 3.63) is 81.9 Å². The Morgan fingerprint density at radius 1 is 1.00 bits per heavy atom.